The average molecular weight is 508 g/mol. The number of carbonyl (C=O) groups is 2. The second-order valence-electron chi connectivity index (χ2n) is 8.78. The lowest BCUT2D eigenvalue weighted by Gasteiger charge is -2.38. The topological polar surface area (TPSA) is 110 Å². The molecule has 2 atom stereocenters. The van der Waals surface area contributed by atoms with Gasteiger partial charge in [0.15, 0.2) is 6.61 Å². The number of anilines is 1. The molecule has 0 radical (unpaired) electrons. The van der Waals surface area contributed by atoms with Crippen molar-refractivity contribution in [3.8, 4) is 16.9 Å². The number of rotatable bonds is 8. The minimum Gasteiger partial charge on any atom is -0.755 e. The fraction of sp³-hybridized carbons (Fsp3) is 0.259. The number of carbonyl (C=O) groups excluding carboxylic acids is 1. The molecule has 0 heterocycles. The summed E-state index contributed by atoms with van der Waals surface area (Å²) >= 11 is -2.53. The van der Waals surface area contributed by atoms with E-state index in [4.69, 9.17) is 9.84 Å². The Morgan fingerprint density at radius 2 is 1.67 bits per heavy atom. The lowest BCUT2D eigenvalue weighted by atomic mass is 9.87. The highest BCUT2D eigenvalue weighted by Gasteiger charge is 2.29. The van der Waals surface area contributed by atoms with Crippen molar-refractivity contribution in [2.24, 2.45) is 0 Å². The normalized spacial score (nSPS) is 15.5. The van der Waals surface area contributed by atoms with Crippen molar-refractivity contribution in [2.45, 2.75) is 25.3 Å². The zero-order chi connectivity index (χ0) is 25.8. The summed E-state index contributed by atoms with van der Waals surface area (Å²) in [5, 5.41) is 8.97. The van der Waals surface area contributed by atoms with Gasteiger partial charge in [-0.1, -0.05) is 36.4 Å². The van der Waals surface area contributed by atoms with E-state index in [1.54, 1.807) is 50.5 Å². The van der Waals surface area contributed by atoms with E-state index in [0.29, 0.717) is 29.8 Å². The van der Waals surface area contributed by atoms with Gasteiger partial charge < -0.3 is 19.3 Å². The maximum absolute atomic E-state index is 12.4. The van der Waals surface area contributed by atoms with Crippen LogP contribution < -0.4 is 9.04 Å². The Kier molecular flexibility index (Phi) is 7.71. The predicted molar refractivity (Wildman–Crippen MR) is 137 cm³/mol. The van der Waals surface area contributed by atoms with Crippen molar-refractivity contribution < 1.29 is 28.2 Å². The largest absolute Gasteiger partial charge is 0.755 e. The Morgan fingerprint density at radius 3 is 2.25 bits per heavy atom. The Hall–Kier alpha value is -3.69. The zero-order valence-corrected chi connectivity index (χ0v) is 20.9. The first-order chi connectivity index (χ1) is 17.3. The molecular weight excluding hydrogens is 480 g/mol. The summed E-state index contributed by atoms with van der Waals surface area (Å²) in [6.07, 6.45) is 2.06. The number of carboxylic acids is 1. The zero-order valence-electron chi connectivity index (χ0n) is 20.0. The molecule has 0 saturated heterocycles. The Balaban J connectivity index is 1.61. The predicted octanol–water partition coefficient (Wildman–Crippen LogP) is 4.20. The molecule has 0 spiro atoms. The van der Waals surface area contributed by atoms with Crippen molar-refractivity contribution in [1.82, 2.24) is 4.90 Å². The van der Waals surface area contributed by atoms with Gasteiger partial charge in [-0.15, -0.1) is 0 Å². The third kappa shape index (κ3) is 5.42. The molecule has 9 heteroatoms. The van der Waals surface area contributed by atoms with E-state index in [9.17, 15) is 18.4 Å². The molecule has 1 aliphatic rings. The molecule has 1 N–H and O–H groups in total. The number of aliphatic carboxylic acids is 1. The summed E-state index contributed by atoms with van der Waals surface area (Å²) < 4.78 is 31.6. The maximum Gasteiger partial charge on any atom is 0.341 e. The molecule has 0 aliphatic heterocycles. The lowest BCUT2D eigenvalue weighted by Crippen LogP contribution is -2.33. The van der Waals surface area contributed by atoms with E-state index in [2.05, 4.69) is 0 Å². The number of ether oxygens (including phenoxy) is 1. The van der Waals surface area contributed by atoms with Gasteiger partial charge in [0.2, 0.25) is 0 Å². The Labute approximate surface area is 212 Å². The van der Waals surface area contributed by atoms with Crippen LogP contribution in [0, 0.1) is 0 Å². The van der Waals surface area contributed by atoms with Crippen LogP contribution in [0.4, 0.5) is 5.69 Å². The van der Waals surface area contributed by atoms with Crippen LogP contribution in [0.3, 0.4) is 0 Å². The highest BCUT2D eigenvalue weighted by atomic mass is 32.2. The van der Waals surface area contributed by atoms with Crippen LogP contribution in [0.25, 0.3) is 11.1 Å². The van der Waals surface area contributed by atoms with Crippen molar-refractivity contribution in [3.63, 3.8) is 0 Å². The molecule has 8 nitrogen and oxygen atoms in total. The van der Waals surface area contributed by atoms with E-state index in [1.165, 1.54) is 9.21 Å². The second-order valence-corrected chi connectivity index (χ2v) is 9.61. The van der Waals surface area contributed by atoms with Crippen LogP contribution in [0.5, 0.6) is 5.75 Å². The van der Waals surface area contributed by atoms with E-state index < -0.39 is 29.9 Å². The van der Waals surface area contributed by atoms with Gasteiger partial charge >= 0.3 is 5.97 Å². The first-order valence-corrected chi connectivity index (χ1v) is 12.6. The number of nitrogens with zero attached hydrogens (tertiary/aromatic N) is 2. The standard InChI is InChI=1S/C27H28N2O6S/c1-28(2)27(32)20-11-9-18(10-12-20)19-13-15-21(16-14-19)29(36(33)34)24-7-3-6-23-22(24)5-4-8-25(23)35-17-26(30)31/h4-5,8-16,24H,3,6-7,17H2,1-2H3,(H,30,31)(H,33,34)/p-1. The molecule has 3 aromatic rings. The van der Waals surface area contributed by atoms with Crippen molar-refractivity contribution in [2.75, 3.05) is 25.0 Å². The Morgan fingerprint density at radius 1 is 1.03 bits per heavy atom. The molecule has 0 fully saturated rings. The third-order valence-electron chi connectivity index (χ3n) is 6.22. The minimum atomic E-state index is -2.53. The van der Waals surface area contributed by atoms with Gasteiger partial charge in [-0.05, 0) is 71.8 Å². The van der Waals surface area contributed by atoms with Crippen LogP contribution in [-0.4, -0.2) is 51.3 Å². The number of hydrogen-bond acceptors (Lipinski definition) is 5. The molecule has 0 aromatic heterocycles. The van der Waals surface area contributed by atoms with Crippen molar-refractivity contribution >= 4 is 28.8 Å². The number of benzene rings is 3. The summed E-state index contributed by atoms with van der Waals surface area (Å²) in [6, 6.07) is 19.4. The molecule has 188 valence electrons. The van der Waals surface area contributed by atoms with Crippen LogP contribution in [0.2, 0.25) is 0 Å². The minimum absolute atomic E-state index is 0.0743. The monoisotopic (exact) mass is 507 g/mol. The molecule has 3 aromatic carbocycles. The van der Waals surface area contributed by atoms with Crippen LogP contribution in [-0.2, 0) is 22.5 Å². The van der Waals surface area contributed by atoms with E-state index in [-0.39, 0.29) is 5.91 Å². The number of hydrogen-bond donors (Lipinski definition) is 1. The van der Waals surface area contributed by atoms with E-state index in [0.717, 1.165) is 28.7 Å². The van der Waals surface area contributed by atoms with Crippen LogP contribution in [0.15, 0.2) is 66.7 Å². The van der Waals surface area contributed by atoms with Gasteiger partial charge in [0.25, 0.3) is 5.91 Å². The van der Waals surface area contributed by atoms with Gasteiger partial charge in [-0.2, -0.15) is 0 Å². The van der Waals surface area contributed by atoms with Gasteiger partial charge in [0.05, 0.1) is 6.04 Å². The molecule has 1 amide bonds. The summed E-state index contributed by atoms with van der Waals surface area (Å²) in [6.45, 7) is -0.454. The highest BCUT2D eigenvalue weighted by Crippen LogP contribution is 2.41. The third-order valence-corrected chi connectivity index (χ3v) is 7.01. The summed E-state index contributed by atoms with van der Waals surface area (Å²) in [5.74, 6) is -0.668. The molecule has 0 saturated carbocycles. The molecule has 1 aliphatic carbocycles. The van der Waals surface area contributed by atoms with Gasteiger partial charge in [-0.3, -0.25) is 13.3 Å². The molecule has 2 unspecified atom stereocenters. The first-order valence-electron chi connectivity index (χ1n) is 11.5. The molecule has 36 heavy (non-hydrogen) atoms. The summed E-state index contributed by atoms with van der Waals surface area (Å²) in [4.78, 5) is 24.6. The first kappa shape index (κ1) is 25.4. The lowest BCUT2D eigenvalue weighted by molar-refractivity contribution is -0.139. The summed E-state index contributed by atoms with van der Waals surface area (Å²) in [7, 11) is 3.41. The molecule has 4 rings (SSSR count). The average Bonchev–Trinajstić information content (AvgIpc) is 2.87. The maximum atomic E-state index is 12.4. The van der Waals surface area contributed by atoms with Crippen LogP contribution in [0.1, 0.15) is 40.4 Å². The van der Waals surface area contributed by atoms with Gasteiger partial charge in [0, 0.05) is 36.6 Å². The van der Waals surface area contributed by atoms with Gasteiger partial charge in [0.1, 0.15) is 5.75 Å². The number of fused-ring (bicyclic) bond motifs is 1. The van der Waals surface area contributed by atoms with E-state index in [1.807, 2.05) is 30.3 Å². The number of carboxylic acid groups (broad SMARTS) is 1. The fourth-order valence-electron chi connectivity index (χ4n) is 4.54. The highest BCUT2D eigenvalue weighted by molar-refractivity contribution is 7.80. The second kappa shape index (κ2) is 10.9. The smallest absolute Gasteiger partial charge is 0.341 e. The van der Waals surface area contributed by atoms with Crippen molar-refractivity contribution in [1.29, 1.82) is 0 Å². The van der Waals surface area contributed by atoms with Crippen LogP contribution >= 0.6 is 0 Å². The molecular formula is C27H27N2O6S-. The number of amides is 1. The van der Waals surface area contributed by atoms with Gasteiger partial charge in [-0.25, -0.2) is 4.79 Å². The SMILES string of the molecule is CN(C)C(=O)c1ccc(-c2ccc(N(C3CCCc4c(OCC(=O)O)cccc43)S(=O)[O-])cc2)cc1. The van der Waals surface area contributed by atoms with E-state index >= 15 is 0 Å². The Bertz CT molecular complexity index is 1270. The fourth-order valence-corrected chi connectivity index (χ4v) is 5.26. The summed E-state index contributed by atoms with van der Waals surface area (Å²) in [5.41, 5.74) is 4.59. The molecule has 0 bridgehead atoms. The van der Waals surface area contributed by atoms with Crippen molar-refractivity contribution in [3.05, 3.63) is 83.4 Å². The quantitative estimate of drug-likeness (QED) is 0.458.